The second-order valence-electron chi connectivity index (χ2n) is 5.30. The number of carbonyl (C=O) groups excluding carboxylic acids is 1. The molecule has 0 radical (unpaired) electrons. The topological polar surface area (TPSA) is 101 Å². The number of carbonyl (C=O) groups is 1. The van der Waals surface area contributed by atoms with Crippen molar-refractivity contribution in [2.24, 2.45) is 5.14 Å². The molecule has 0 aliphatic rings. The molecular formula is C16H19N3O3S. The SMILES string of the molecule is Cc1cccc(NC(=O)N[C@@H](C)c2ccc(S(N)(=O)=O)cc2)c1. The van der Waals surface area contributed by atoms with Gasteiger partial charge in [-0.15, -0.1) is 0 Å². The van der Waals surface area contributed by atoms with Crippen LogP contribution >= 0.6 is 0 Å². The molecular weight excluding hydrogens is 314 g/mol. The first-order chi connectivity index (χ1) is 10.8. The van der Waals surface area contributed by atoms with E-state index in [1.165, 1.54) is 12.1 Å². The Morgan fingerprint density at radius 1 is 1.13 bits per heavy atom. The summed E-state index contributed by atoms with van der Waals surface area (Å²) in [5.74, 6) is 0. The Morgan fingerprint density at radius 2 is 1.78 bits per heavy atom. The maximum atomic E-state index is 12.0. The lowest BCUT2D eigenvalue weighted by Gasteiger charge is -2.15. The Labute approximate surface area is 135 Å². The van der Waals surface area contributed by atoms with Gasteiger partial charge in [0.25, 0.3) is 0 Å². The zero-order valence-corrected chi connectivity index (χ0v) is 13.7. The fourth-order valence-electron chi connectivity index (χ4n) is 2.12. The fourth-order valence-corrected chi connectivity index (χ4v) is 2.63. The average molecular weight is 333 g/mol. The molecule has 0 aliphatic carbocycles. The monoisotopic (exact) mass is 333 g/mol. The highest BCUT2D eigenvalue weighted by Gasteiger charge is 2.12. The number of urea groups is 1. The Bertz CT molecular complexity index is 802. The van der Waals surface area contributed by atoms with Crippen LogP contribution in [0, 0.1) is 6.92 Å². The Hall–Kier alpha value is -2.38. The molecule has 0 bridgehead atoms. The highest BCUT2D eigenvalue weighted by Crippen LogP contribution is 2.16. The molecule has 6 nitrogen and oxygen atoms in total. The molecule has 122 valence electrons. The zero-order valence-electron chi connectivity index (χ0n) is 12.9. The number of primary sulfonamides is 1. The zero-order chi connectivity index (χ0) is 17.0. The summed E-state index contributed by atoms with van der Waals surface area (Å²) in [6.45, 7) is 3.75. The summed E-state index contributed by atoms with van der Waals surface area (Å²) in [6.07, 6.45) is 0. The van der Waals surface area contributed by atoms with Gasteiger partial charge < -0.3 is 10.6 Å². The fraction of sp³-hybridized carbons (Fsp3) is 0.188. The number of hydrogen-bond donors (Lipinski definition) is 3. The van der Waals surface area contributed by atoms with Crippen molar-refractivity contribution >= 4 is 21.7 Å². The van der Waals surface area contributed by atoms with Crippen LogP contribution < -0.4 is 15.8 Å². The van der Waals surface area contributed by atoms with Crippen molar-refractivity contribution < 1.29 is 13.2 Å². The van der Waals surface area contributed by atoms with E-state index in [1.54, 1.807) is 18.2 Å². The Kier molecular flexibility index (Phi) is 5.02. The second kappa shape index (κ2) is 6.80. The average Bonchev–Trinajstić information content (AvgIpc) is 2.46. The smallest absolute Gasteiger partial charge is 0.319 e. The predicted molar refractivity (Wildman–Crippen MR) is 89.6 cm³/mol. The minimum absolute atomic E-state index is 0.0395. The number of hydrogen-bond acceptors (Lipinski definition) is 3. The van der Waals surface area contributed by atoms with Gasteiger partial charge in [0.2, 0.25) is 10.0 Å². The number of nitrogens with two attached hydrogens (primary N) is 1. The highest BCUT2D eigenvalue weighted by atomic mass is 32.2. The van der Waals surface area contributed by atoms with Gasteiger partial charge in [0.05, 0.1) is 10.9 Å². The lowest BCUT2D eigenvalue weighted by atomic mass is 10.1. The van der Waals surface area contributed by atoms with Gasteiger partial charge in [-0.25, -0.2) is 18.4 Å². The van der Waals surface area contributed by atoms with Crippen LogP contribution in [0.5, 0.6) is 0 Å². The van der Waals surface area contributed by atoms with Crippen molar-refractivity contribution in [3.05, 3.63) is 59.7 Å². The predicted octanol–water partition coefficient (Wildman–Crippen LogP) is 2.53. The first-order valence-corrected chi connectivity index (χ1v) is 8.57. The van der Waals surface area contributed by atoms with Crippen LogP contribution in [-0.2, 0) is 10.0 Å². The Morgan fingerprint density at radius 3 is 2.35 bits per heavy atom. The quantitative estimate of drug-likeness (QED) is 0.801. The maximum absolute atomic E-state index is 12.0. The van der Waals surface area contributed by atoms with E-state index < -0.39 is 10.0 Å². The van der Waals surface area contributed by atoms with Crippen LogP contribution in [0.15, 0.2) is 53.4 Å². The van der Waals surface area contributed by atoms with Crippen LogP contribution in [0.3, 0.4) is 0 Å². The lowest BCUT2D eigenvalue weighted by molar-refractivity contribution is 0.249. The van der Waals surface area contributed by atoms with Crippen LogP contribution in [0.25, 0.3) is 0 Å². The molecule has 7 heteroatoms. The standard InChI is InChI=1S/C16H19N3O3S/c1-11-4-3-5-14(10-11)19-16(20)18-12(2)13-6-8-15(9-7-13)23(17,21)22/h3-10,12H,1-2H3,(H2,17,21,22)(H2,18,19,20)/t12-/m0/s1. The van der Waals surface area contributed by atoms with E-state index in [4.69, 9.17) is 5.14 Å². The minimum atomic E-state index is -3.71. The summed E-state index contributed by atoms with van der Waals surface area (Å²) < 4.78 is 22.4. The molecule has 2 aromatic rings. The number of anilines is 1. The van der Waals surface area contributed by atoms with Crippen LogP contribution in [0.1, 0.15) is 24.1 Å². The van der Waals surface area contributed by atoms with Gasteiger partial charge in [0.15, 0.2) is 0 Å². The van der Waals surface area contributed by atoms with E-state index in [2.05, 4.69) is 10.6 Å². The van der Waals surface area contributed by atoms with Crippen molar-refractivity contribution in [2.75, 3.05) is 5.32 Å². The third kappa shape index (κ3) is 4.80. The molecule has 0 heterocycles. The van der Waals surface area contributed by atoms with E-state index in [0.717, 1.165) is 11.1 Å². The van der Waals surface area contributed by atoms with Gasteiger partial charge in [-0.05, 0) is 49.2 Å². The summed E-state index contributed by atoms with van der Waals surface area (Å²) in [5.41, 5.74) is 2.53. The molecule has 4 N–H and O–H groups in total. The van der Waals surface area contributed by atoms with E-state index in [0.29, 0.717) is 5.69 Å². The number of nitrogens with one attached hydrogen (secondary N) is 2. The van der Waals surface area contributed by atoms with E-state index in [1.807, 2.05) is 32.0 Å². The first kappa shape index (κ1) is 17.0. The molecule has 0 spiro atoms. The number of sulfonamides is 1. The third-order valence-corrected chi connectivity index (χ3v) is 4.26. The van der Waals surface area contributed by atoms with Crippen LogP contribution in [0.4, 0.5) is 10.5 Å². The Balaban J connectivity index is 2.01. The minimum Gasteiger partial charge on any atom is -0.331 e. The molecule has 0 fully saturated rings. The van der Waals surface area contributed by atoms with Crippen molar-refractivity contribution in [1.29, 1.82) is 0 Å². The van der Waals surface area contributed by atoms with Gasteiger partial charge in [0.1, 0.15) is 0 Å². The summed E-state index contributed by atoms with van der Waals surface area (Å²) in [4.78, 5) is 12.0. The number of amides is 2. The molecule has 0 saturated carbocycles. The van der Waals surface area contributed by atoms with Gasteiger partial charge in [-0.3, -0.25) is 0 Å². The normalized spacial score (nSPS) is 12.5. The summed E-state index contributed by atoms with van der Waals surface area (Å²) >= 11 is 0. The van der Waals surface area contributed by atoms with Gasteiger partial charge in [-0.1, -0.05) is 24.3 Å². The largest absolute Gasteiger partial charge is 0.331 e. The summed E-state index contributed by atoms with van der Waals surface area (Å²) in [7, 11) is -3.71. The van der Waals surface area contributed by atoms with Gasteiger partial charge in [-0.2, -0.15) is 0 Å². The van der Waals surface area contributed by atoms with Gasteiger partial charge >= 0.3 is 6.03 Å². The molecule has 0 aromatic heterocycles. The van der Waals surface area contributed by atoms with E-state index >= 15 is 0 Å². The molecule has 2 rings (SSSR count). The first-order valence-electron chi connectivity index (χ1n) is 7.02. The van der Waals surface area contributed by atoms with Crippen molar-refractivity contribution in [3.63, 3.8) is 0 Å². The molecule has 0 saturated heterocycles. The van der Waals surface area contributed by atoms with E-state index in [9.17, 15) is 13.2 Å². The second-order valence-corrected chi connectivity index (χ2v) is 6.87. The van der Waals surface area contributed by atoms with E-state index in [-0.39, 0.29) is 17.0 Å². The third-order valence-electron chi connectivity index (χ3n) is 3.33. The van der Waals surface area contributed by atoms with Crippen LogP contribution in [0.2, 0.25) is 0 Å². The van der Waals surface area contributed by atoms with Crippen molar-refractivity contribution in [1.82, 2.24) is 5.32 Å². The lowest BCUT2D eigenvalue weighted by Crippen LogP contribution is -2.31. The van der Waals surface area contributed by atoms with Crippen molar-refractivity contribution in [3.8, 4) is 0 Å². The van der Waals surface area contributed by atoms with Crippen LogP contribution in [-0.4, -0.2) is 14.4 Å². The summed E-state index contributed by atoms with van der Waals surface area (Å²) in [5, 5.41) is 10.6. The number of benzene rings is 2. The highest BCUT2D eigenvalue weighted by molar-refractivity contribution is 7.89. The molecule has 0 unspecified atom stereocenters. The molecule has 0 aliphatic heterocycles. The molecule has 2 aromatic carbocycles. The molecule has 1 atom stereocenters. The molecule has 2 amide bonds. The van der Waals surface area contributed by atoms with Crippen molar-refractivity contribution in [2.45, 2.75) is 24.8 Å². The number of rotatable bonds is 4. The van der Waals surface area contributed by atoms with Gasteiger partial charge in [0, 0.05) is 5.69 Å². The summed E-state index contributed by atoms with van der Waals surface area (Å²) in [6, 6.07) is 12.9. The maximum Gasteiger partial charge on any atom is 0.319 e. The molecule has 23 heavy (non-hydrogen) atoms. The number of aryl methyl sites for hydroxylation is 1.